The van der Waals surface area contributed by atoms with Crippen molar-refractivity contribution in [2.75, 3.05) is 13.2 Å². The van der Waals surface area contributed by atoms with Crippen molar-refractivity contribution in [1.29, 1.82) is 0 Å². The first-order valence-electron chi connectivity index (χ1n) is 27.5. The van der Waals surface area contributed by atoms with Gasteiger partial charge < -0.3 is 50.5 Å². The van der Waals surface area contributed by atoms with Gasteiger partial charge in [0.05, 0.1) is 25.4 Å². The molecule has 67 heavy (non-hydrogen) atoms. The third kappa shape index (κ3) is 34.1. The molecule has 0 aromatic carbocycles. The lowest BCUT2D eigenvalue weighted by Gasteiger charge is -2.40. The van der Waals surface area contributed by atoms with E-state index in [1.807, 2.05) is 0 Å². The van der Waals surface area contributed by atoms with Crippen molar-refractivity contribution >= 4 is 5.91 Å². The molecule has 1 amide bonds. The van der Waals surface area contributed by atoms with Crippen LogP contribution >= 0.6 is 0 Å². The van der Waals surface area contributed by atoms with Gasteiger partial charge in [0.2, 0.25) is 5.91 Å². The van der Waals surface area contributed by atoms with Gasteiger partial charge in [-0.05, 0) is 77.0 Å². The molecule has 11 nitrogen and oxygen atoms in total. The largest absolute Gasteiger partial charge is 0.394 e. The summed E-state index contributed by atoms with van der Waals surface area (Å²) >= 11 is 0. The van der Waals surface area contributed by atoms with Gasteiger partial charge in [0.15, 0.2) is 6.29 Å². The molecule has 8 N–H and O–H groups in total. The Kier molecular flexibility index (Phi) is 42.6. The minimum atomic E-state index is -1.67. The standard InChI is InChI=1S/C56H103NO10/c1-3-5-7-9-11-13-15-17-19-21-23-25-27-29-31-33-35-37-39-41-43-48(59)51(61)47(46-66-56-54(64)53(63)52(62)50(45-58)67-56)57-55(65)49(60)44-42-40-38-36-34-32-30-28-26-24-22-20-18-16-14-12-10-8-6-4-2/h6,8,12,14,27,29,35,37,47-54,56,58-64H,3-5,7,9-11,13,15-26,28,30-34,36,38-46H2,1-2H3,(H,57,65)/b8-6-,14-12-,29-27+,37-35+. The molecule has 1 aliphatic heterocycles. The number of rotatable bonds is 46. The second-order valence-electron chi connectivity index (χ2n) is 19.3. The summed E-state index contributed by atoms with van der Waals surface area (Å²) in [5.74, 6) is -0.711. The number of hydrogen-bond donors (Lipinski definition) is 8. The van der Waals surface area contributed by atoms with Crippen LogP contribution < -0.4 is 5.32 Å². The van der Waals surface area contributed by atoms with Gasteiger partial charge in [-0.15, -0.1) is 0 Å². The molecule has 0 saturated carbocycles. The zero-order valence-corrected chi connectivity index (χ0v) is 42.6. The van der Waals surface area contributed by atoms with Crippen molar-refractivity contribution in [3.05, 3.63) is 48.6 Å². The van der Waals surface area contributed by atoms with Crippen molar-refractivity contribution in [2.45, 2.75) is 287 Å². The molecule has 11 heteroatoms. The fourth-order valence-electron chi connectivity index (χ4n) is 8.61. The van der Waals surface area contributed by atoms with E-state index in [1.54, 1.807) is 0 Å². The van der Waals surface area contributed by atoms with E-state index in [-0.39, 0.29) is 12.8 Å². The normalized spacial score (nSPS) is 21.0. The predicted molar refractivity (Wildman–Crippen MR) is 275 cm³/mol. The molecule has 1 saturated heterocycles. The fourth-order valence-corrected chi connectivity index (χ4v) is 8.61. The third-order valence-corrected chi connectivity index (χ3v) is 13.1. The molecule has 0 aromatic rings. The minimum absolute atomic E-state index is 0.246. The van der Waals surface area contributed by atoms with E-state index in [0.717, 1.165) is 51.4 Å². The van der Waals surface area contributed by atoms with Crippen LogP contribution in [-0.4, -0.2) is 110 Å². The summed E-state index contributed by atoms with van der Waals surface area (Å²) in [4.78, 5) is 13.2. The molecule has 1 rings (SSSR count). The zero-order valence-electron chi connectivity index (χ0n) is 42.6. The zero-order chi connectivity index (χ0) is 49.0. The maximum absolute atomic E-state index is 13.2. The Morgan fingerprint density at radius 1 is 0.537 bits per heavy atom. The lowest BCUT2D eigenvalue weighted by Crippen LogP contribution is -2.60. The molecular formula is C56H103NO10. The van der Waals surface area contributed by atoms with Crippen LogP contribution in [0.3, 0.4) is 0 Å². The van der Waals surface area contributed by atoms with E-state index in [1.165, 1.54) is 135 Å². The Balaban J connectivity index is 2.38. The lowest BCUT2D eigenvalue weighted by molar-refractivity contribution is -0.303. The molecule has 0 bridgehead atoms. The van der Waals surface area contributed by atoms with E-state index in [4.69, 9.17) is 9.47 Å². The number of carbonyl (C=O) groups excluding carboxylic acids is 1. The molecule has 0 radical (unpaired) electrons. The molecular weight excluding hydrogens is 847 g/mol. The Morgan fingerprint density at radius 3 is 1.49 bits per heavy atom. The number of hydrogen-bond acceptors (Lipinski definition) is 10. The Morgan fingerprint density at radius 2 is 0.985 bits per heavy atom. The highest BCUT2D eigenvalue weighted by atomic mass is 16.7. The maximum Gasteiger partial charge on any atom is 0.249 e. The van der Waals surface area contributed by atoms with Crippen LogP contribution in [0.5, 0.6) is 0 Å². The first-order valence-corrected chi connectivity index (χ1v) is 27.5. The summed E-state index contributed by atoms with van der Waals surface area (Å²) in [6.07, 6.45) is 44.4. The summed E-state index contributed by atoms with van der Waals surface area (Å²) in [6.45, 7) is 3.34. The maximum atomic E-state index is 13.2. The highest BCUT2D eigenvalue weighted by molar-refractivity contribution is 5.80. The van der Waals surface area contributed by atoms with Crippen molar-refractivity contribution in [3.63, 3.8) is 0 Å². The van der Waals surface area contributed by atoms with Crippen molar-refractivity contribution in [3.8, 4) is 0 Å². The van der Waals surface area contributed by atoms with Crippen molar-refractivity contribution in [2.24, 2.45) is 0 Å². The van der Waals surface area contributed by atoms with Crippen LogP contribution in [0.2, 0.25) is 0 Å². The van der Waals surface area contributed by atoms with Gasteiger partial charge in [-0.25, -0.2) is 0 Å². The average Bonchev–Trinajstić information content (AvgIpc) is 3.33. The molecule has 0 spiro atoms. The van der Waals surface area contributed by atoms with Crippen LogP contribution in [-0.2, 0) is 14.3 Å². The molecule has 1 fully saturated rings. The second-order valence-corrected chi connectivity index (χ2v) is 19.3. The van der Waals surface area contributed by atoms with Crippen LogP contribution in [0.4, 0.5) is 0 Å². The van der Waals surface area contributed by atoms with Crippen molar-refractivity contribution in [1.82, 2.24) is 5.32 Å². The van der Waals surface area contributed by atoms with Crippen LogP contribution in [0.25, 0.3) is 0 Å². The van der Waals surface area contributed by atoms with Gasteiger partial charge in [0.25, 0.3) is 0 Å². The van der Waals surface area contributed by atoms with Gasteiger partial charge >= 0.3 is 0 Å². The van der Waals surface area contributed by atoms with Gasteiger partial charge in [-0.3, -0.25) is 4.79 Å². The van der Waals surface area contributed by atoms with Crippen LogP contribution in [0.1, 0.15) is 232 Å². The van der Waals surface area contributed by atoms with E-state index in [9.17, 15) is 40.5 Å². The summed E-state index contributed by atoms with van der Waals surface area (Å²) in [6, 6.07) is -1.19. The van der Waals surface area contributed by atoms with Gasteiger partial charge in [-0.1, -0.05) is 204 Å². The Hall–Kier alpha value is -1.93. The number of allylic oxidation sites excluding steroid dienone is 8. The highest BCUT2D eigenvalue weighted by Crippen LogP contribution is 2.23. The molecule has 9 atom stereocenters. The number of ether oxygens (including phenoxy) is 2. The average molecular weight is 950 g/mol. The number of unbranched alkanes of at least 4 members (excludes halogenated alkanes) is 26. The van der Waals surface area contributed by atoms with Gasteiger partial charge in [0.1, 0.15) is 36.6 Å². The van der Waals surface area contributed by atoms with Crippen molar-refractivity contribution < 1.29 is 50.0 Å². The monoisotopic (exact) mass is 950 g/mol. The van der Waals surface area contributed by atoms with E-state index >= 15 is 0 Å². The number of aliphatic hydroxyl groups is 7. The van der Waals surface area contributed by atoms with E-state index in [2.05, 4.69) is 67.8 Å². The summed E-state index contributed by atoms with van der Waals surface area (Å²) in [5.41, 5.74) is 0. The van der Waals surface area contributed by atoms with Crippen LogP contribution in [0, 0.1) is 0 Å². The molecule has 9 unspecified atom stereocenters. The first kappa shape index (κ1) is 63.1. The molecule has 392 valence electrons. The Bertz CT molecular complexity index is 1230. The quantitative estimate of drug-likeness (QED) is 0.0215. The molecule has 0 aromatic heterocycles. The Labute approximate surface area is 409 Å². The van der Waals surface area contributed by atoms with Gasteiger partial charge in [0, 0.05) is 0 Å². The highest BCUT2D eigenvalue weighted by Gasteiger charge is 2.44. The molecule has 0 aliphatic carbocycles. The van der Waals surface area contributed by atoms with E-state index < -0.39 is 74.2 Å². The fraction of sp³-hybridized carbons (Fsp3) is 0.839. The predicted octanol–water partition coefficient (Wildman–Crippen LogP) is 10.9. The smallest absolute Gasteiger partial charge is 0.249 e. The summed E-state index contributed by atoms with van der Waals surface area (Å²) in [7, 11) is 0. The number of carbonyl (C=O) groups is 1. The van der Waals surface area contributed by atoms with E-state index in [0.29, 0.717) is 19.3 Å². The summed E-state index contributed by atoms with van der Waals surface area (Å²) < 4.78 is 11.1. The number of amides is 1. The third-order valence-electron chi connectivity index (χ3n) is 13.1. The molecule has 1 heterocycles. The topological polar surface area (TPSA) is 189 Å². The van der Waals surface area contributed by atoms with Gasteiger partial charge in [-0.2, -0.15) is 0 Å². The second kappa shape index (κ2) is 45.2. The summed E-state index contributed by atoms with van der Waals surface area (Å²) in [5, 5.41) is 76.0. The number of nitrogens with one attached hydrogen (secondary N) is 1. The minimum Gasteiger partial charge on any atom is -0.394 e. The van der Waals surface area contributed by atoms with Crippen LogP contribution in [0.15, 0.2) is 48.6 Å². The molecule has 1 aliphatic rings. The first-order chi connectivity index (χ1) is 32.7. The SMILES string of the molecule is CC/C=C\C/C=C\CCCCCCCCCCCCCCCC(O)C(=O)NC(COC1OC(CO)C(O)C(O)C1O)C(O)C(O)CCC/C=C/CC/C=C/CCCCCCCCCCCCC. The lowest BCUT2D eigenvalue weighted by atomic mass is 9.98. The number of aliphatic hydroxyl groups excluding tert-OH is 7.